The Kier molecular flexibility index (Phi) is 8.49. The largest absolute Gasteiger partial charge is 0.415 e. The number of tetrazole rings is 1. The number of nitrogens with one attached hydrogen (secondary N) is 1. The van der Waals surface area contributed by atoms with E-state index in [0.29, 0.717) is 35.5 Å². The van der Waals surface area contributed by atoms with E-state index in [2.05, 4.69) is 30.7 Å². The third-order valence-electron chi connectivity index (χ3n) is 6.81. The molecule has 0 aliphatic carbocycles. The van der Waals surface area contributed by atoms with Gasteiger partial charge in [-0.15, -0.1) is 5.10 Å². The monoisotopic (exact) mass is 536 g/mol. The number of likely N-dealkylation sites (tertiary alicyclic amines) is 2. The quantitative estimate of drug-likeness (QED) is 0.483. The van der Waals surface area contributed by atoms with Gasteiger partial charge in [0.2, 0.25) is 5.16 Å². The second kappa shape index (κ2) is 12.4. The first kappa shape index (κ1) is 26.1. The van der Waals surface area contributed by atoms with E-state index in [-0.39, 0.29) is 5.91 Å². The van der Waals surface area contributed by atoms with Crippen LogP contribution in [0.15, 0.2) is 47.8 Å². The number of aryl methyl sites for hydroxylation is 1. The summed E-state index contributed by atoms with van der Waals surface area (Å²) in [4.78, 5) is 33.7. The summed E-state index contributed by atoms with van der Waals surface area (Å²) in [5, 5.41) is 15.4. The highest BCUT2D eigenvalue weighted by atomic mass is 32.2. The van der Waals surface area contributed by atoms with Crippen LogP contribution in [0.5, 0.6) is 5.75 Å². The SMILES string of the molecule is Cn1nnnc1SC1CCN(C(=O)Oc2ccc(NC(=O)c3ccc(CN4CCCCC4)cc3)nc2)CC1. The molecule has 11 nitrogen and oxygen atoms in total. The van der Waals surface area contributed by atoms with E-state index in [0.717, 1.165) is 37.6 Å². The second-order valence-corrected chi connectivity index (χ2v) is 10.9. The van der Waals surface area contributed by atoms with E-state index in [1.807, 2.05) is 31.3 Å². The molecule has 0 unspecified atom stereocenters. The van der Waals surface area contributed by atoms with Crippen molar-refractivity contribution in [2.45, 2.75) is 49.1 Å². The van der Waals surface area contributed by atoms with Gasteiger partial charge in [-0.25, -0.2) is 14.5 Å². The number of hydrogen-bond acceptors (Lipinski definition) is 9. The fourth-order valence-corrected chi connectivity index (χ4v) is 5.65. The maximum Gasteiger partial charge on any atom is 0.415 e. The molecule has 38 heavy (non-hydrogen) atoms. The zero-order valence-electron chi connectivity index (χ0n) is 21.5. The summed E-state index contributed by atoms with van der Waals surface area (Å²) in [6.45, 7) is 4.39. The number of pyridine rings is 1. The molecule has 2 amide bonds. The molecule has 1 N–H and O–H groups in total. The van der Waals surface area contributed by atoms with Crippen LogP contribution in [0.1, 0.15) is 48.0 Å². The van der Waals surface area contributed by atoms with Crippen LogP contribution in [0.2, 0.25) is 0 Å². The molecule has 3 aromatic rings. The summed E-state index contributed by atoms with van der Waals surface area (Å²) < 4.78 is 7.15. The fraction of sp³-hybridized carbons (Fsp3) is 0.462. The van der Waals surface area contributed by atoms with Crippen molar-refractivity contribution in [3.63, 3.8) is 0 Å². The molecule has 2 saturated heterocycles. The number of ether oxygens (including phenoxy) is 1. The number of carbonyl (C=O) groups excluding carboxylic acids is 2. The number of anilines is 1. The maximum absolute atomic E-state index is 12.7. The van der Waals surface area contributed by atoms with Gasteiger partial charge in [-0.3, -0.25) is 9.69 Å². The first-order valence-corrected chi connectivity index (χ1v) is 13.9. The molecule has 0 atom stereocenters. The van der Waals surface area contributed by atoms with Crippen LogP contribution >= 0.6 is 11.8 Å². The molecule has 2 fully saturated rings. The molecule has 2 aliphatic heterocycles. The number of nitrogens with zero attached hydrogens (tertiary/aromatic N) is 7. The molecular weight excluding hydrogens is 504 g/mol. The maximum atomic E-state index is 12.7. The Labute approximate surface area is 225 Å². The lowest BCUT2D eigenvalue weighted by Crippen LogP contribution is -2.41. The lowest BCUT2D eigenvalue weighted by Gasteiger charge is -2.30. The summed E-state index contributed by atoms with van der Waals surface area (Å²) >= 11 is 1.63. The van der Waals surface area contributed by atoms with Crippen molar-refractivity contribution in [3.8, 4) is 5.75 Å². The zero-order valence-corrected chi connectivity index (χ0v) is 22.3. The van der Waals surface area contributed by atoms with E-state index in [9.17, 15) is 9.59 Å². The van der Waals surface area contributed by atoms with E-state index in [4.69, 9.17) is 4.74 Å². The van der Waals surface area contributed by atoms with E-state index in [1.165, 1.54) is 31.0 Å². The lowest BCUT2D eigenvalue weighted by atomic mass is 10.1. The molecule has 1 aromatic carbocycles. The van der Waals surface area contributed by atoms with Crippen molar-refractivity contribution in [2.75, 3.05) is 31.5 Å². The van der Waals surface area contributed by atoms with Crippen LogP contribution in [0.4, 0.5) is 10.6 Å². The Morgan fingerprint density at radius 2 is 1.79 bits per heavy atom. The number of piperidine rings is 2. The topological polar surface area (TPSA) is 118 Å². The van der Waals surface area contributed by atoms with E-state index >= 15 is 0 Å². The number of aromatic nitrogens is 5. The summed E-state index contributed by atoms with van der Waals surface area (Å²) in [5.41, 5.74) is 1.78. The van der Waals surface area contributed by atoms with Gasteiger partial charge in [-0.2, -0.15) is 0 Å². The molecule has 5 rings (SSSR count). The van der Waals surface area contributed by atoms with Gasteiger partial charge in [0, 0.05) is 37.5 Å². The number of rotatable bonds is 7. The van der Waals surface area contributed by atoms with Crippen molar-refractivity contribution < 1.29 is 14.3 Å². The van der Waals surface area contributed by atoms with Gasteiger partial charge >= 0.3 is 6.09 Å². The van der Waals surface area contributed by atoms with Crippen LogP contribution in [-0.2, 0) is 13.6 Å². The van der Waals surface area contributed by atoms with Crippen molar-refractivity contribution in [1.29, 1.82) is 0 Å². The first-order chi connectivity index (χ1) is 18.5. The average Bonchev–Trinajstić information content (AvgIpc) is 3.35. The molecule has 200 valence electrons. The normalized spacial score (nSPS) is 16.8. The van der Waals surface area contributed by atoms with E-state index in [1.54, 1.807) is 33.5 Å². The minimum atomic E-state index is -0.406. The minimum Gasteiger partial charge on any atom is -0.409 e. The summed E-state index contributed by atoms with van der Waals surface area (Å²) in [5.74, 6) is 0.490. The lowest BCUT2D eigenvalue weighted by molar-refractivity contribution is 0.102. The van der Waals surface area contributed by atoms with Gasteiger partial charge in [-0.1, -0.05) is 30.3 Å². The third-order valence-corrected chi connectivity index (χ3v) is 8.17. The molecule has 0 radical (unpaired) electrons. The highest BCUT2D eigenvalue weighted by Crippen LogP contribution is 2.28. The summed E-state index contributed by atoms with van der Waals surface area (Å²) in [7, 11) is 1.81. The highest BCUT2D eigenvalue weighted by molar-refractivity contribution is 7.99. The standard InChI is InChI=1S/C26H32N8O3S/c1-32-25(29-30-31-32)38-22-11-15-34(16-12-22)26(36)37-21-9-10-23(27-17-21)28-24(35)20-7-5-19(6-8-20)18-33-13-3-2-4-14-33/h5-10,17,22H,2-4,11-16,18H2,1H3,(H,27,28,35). The van der Waals surface area contributed by atoms with Crippen molar-refractivity contribution in [3.05, 3.63) is 53.7 Å². The van der Waals surface area contributed by atoms with Crippen LogP contribution in [0.25, 0.3) is 0 Å². The molecule has 0 bridgehead atoms. The second-order valence-electron chi connectivity index (χ2n) is 9.62. The Morgan fingerprint density at radius 1 is 1.03 bits per heavy atom. The third kappa shape index (κ3) is 6.87. The average molecular weight is 537 g/mol. The zero-order chi connectivity index (χ0) is 26.3. The molecule has 2 aliphatic rings. The predicted octanol–water partition coefficient (Wildman–Crippen LogP) is 3.60. The summed E-state index contributed by atoms with van der Waals surface area (Å²) in [6.07, 6.45) is 6.52. The number of carbonyl (C=O) groups is 2. The molecule has 4 heterocycles. The first-order valence-electron chi connectivity index (χ1n) is 13.0. The smallest absolute Gasteiger partial charge is 0.409 e. The van der Waals surface area contributed by atoms with Crippen LogP contribution < -0.4 is 10.1 Å². The summed E-state index contributed by atoms with van der Waals surface area (Å²) in [6, 6.07) is 11.0. The molecule has 12 heteroatoms. The van der Waals surface area contributed by atoms with Crippen molar-refractivity contribution in [2.24, 2.45) is 7.05 Å². The minimum absolute atomic E-state index is 0.232. The van der Waals surface area contributed by atoms with Crippen LogP contribution in [-0.4, -0.2) is 78.4 Å². The molecule has 0 spiro atoms. The molecule has 0 saturated carbocycles. The van der Waals surface area contributed by atoms with Crippen LogP contribution in [0.3, 0.4) is 0 Å². The predicted molar refractivity (Wildman–Crippen MR) is 143 cm³/mol. The Bertz CT molecular complexity index is 1220. The van der Waals surface area contributed by atoms with Gasteiger partial charge in [0.1, 0.15) is 5.82 Å². The van der Waals surface area contributed by atoms with E-state index < -0.39 is 6.09 Å². The molecule has 2 aromatic heterocycles. The Morgan fingerprint density at radius 3 is 2.45 bits per heavy atom. The van der Waals surface area contributed by atoms with Gasteiger partial charge in [0.05, 0.1) is 6.20 Å². The fourth-order valence-electron chi connectivity index (χ4n) is 4.63. The number of thioether (sulfide) groups is 1. The van der Waals surface area contributed by atoms with Crippen LogP contribution in [0, 0.1) is 0 Å². The Balaban J connectivity index is 1.07. The van der Waals surface area contributed by atoms with Crippen molar-refractivity contribution in [1.82, 2.24) is 35.0 Å². The van der Waals surface area contributed by atoms with Gasteiger partial charge in [-0.05, 0) is 79.0 Å². The highest BCUT2D eigenvalue weighted by Gasteiger charge is 2.26. The van der Waals surface area contributed by atoms with Gasteiger partial charge in [0.15, 0.2) is 5.75 Å². The van der Waals surface area contributed by atoms with Gasteiger partial charge in [0.25, 0.3) is 5.91 Å². The van der Waals surface area contributed by atoms with Gasteiger partial charge < -0.3 is 15.0 Å². The number of benzene rings is 1. The number of amides is 2. The van der Waals surface area contributed by atoms with Crippen molar-refractivity contribution >= 4 is 29.6 Å². The molecular formula is C26H32N8O3S. The Hall–Kier alpha value is -3.51. The number of hydrogen-bond donors (Lipinski definition) is 1.